The van der Waals surface area contributed by atoms with Gasteiger partial charge in [0.05, 0.1) is 0 Å². The number of aliphatic hydroxyl groups is 4. The quantitative estimate of drug-likeness (QED) is 0.456. The Bertz CT molecular complexity index is 477. The number of carboxylic acid groups (broad SMARTS) is 1. The lowest BCUT2D eigenvalue weighted by atomic mass is 9.82. The van der Waals surface area contributed by atoms with Crippen molar-refractivity contribution in [1.82, 2.24) is 0 Å². The van der Waals surface area contributed by atoms with Gasteiger partial charge in [0, 0.05) is 6.42 Å². The molecule has 0 amide bonds. The summed E-state index contributed by atoms with van der Waals surface area (Å²) in [5.41, 5.74) is -1.59. The molecule has 1 saturated heterocycles. The van der Waals surface area contributed by atoms with E-state index in [0.717, 1.165) is 0 Å². The zero-order valence-electron chi connectivity index (χ0n) is 10.5. The minimum absolute atomic E-state index is 0.195. The summed E-state index contributed by atoms with van der Waals surface area (Å²) in [6.45, 7) is 0. The van der Waals surface area contributed by atoms with Crippen molar-refractivity contribution in [1.29, 1.82) is 0 Å². The first kappa shape index (κ1) is 14.9. The van der Waals surface area contributed by atoms with Crippen LogP contribution in [0.15, 0.2) is 30.3 Å². The van der Waals surface area contributed by atoms with Gasteiger partial charge in [-0.3, -0.25) is 0 Å². The third-order valence-electron chi connectivity index (χ3n) is 3.42. The molecule has 1 aromatic carbocycles. The Balaban J connectivity index is 2.24. The molecule has 0 aliphatic carbocycles. The van der Waals surface area contributed by atoms with Gasteiger partial charge in [-0.05, 0) is 5.56 Å². The van der Waals surface area contributed by atoms with E-state index in [-0.39, 0.29) is 6.42 Å². The van der Waals surface area contributed by atoms with E-state index in [1.807, 2.05) is 0 Å². The molecule has 20 heavy (non-hydrogen) atoms. The maximum atomic E-state index is 10.8. The van der Waals surface area contributed by atoms with Crippen molar-refractivity contribution < 1.29 is 35.1 Å². The van der Waals surface area contributed by atoms with E-state index in [2.05, 4.69) is 0 Å². The van der Waals surface area contributed by atoms with Crippen LogP contribution in [0.25, 0.3) is 0 Å². The van der Waals surface area contributed by atoms with Gasteiger partial charge < -0.3 is 30.3 Å². The SMILES string of the molecule is O=C(O)[C@H]1OC(O)[C@@](O)(Cc2ccccc2)[C@@H](O)[C@@H]1O. The molecule has 1 unspecified atom stereocenters. The van der Waals surface area contributed by atoms with E-state index in [9.17, 15) is 25.2 Å². The molecule has 1 heterocycles. The second-order valence-electron chi connectivity index (χ2n) is 4.84. The maximum Gasteiger partial charge on any atom is 0.335 e. The van der Waals surface area contributed by atoms with Crippen LogP contribution in [-0.2, 0) is 16.0 Å². The van der Waals surface area contributed by atoms with E-state index < -0.39 is 36.2 Å². The van der Waals surface area contributed by atoms with Crippen LogP contribution >= 0.6 is 0 Å². The second kappa shape index (κ2) is 5.47. The zero-order valence-corrected chi connectivity index (χ0v) is 10.5. The minimum atomic E-state index is -2.19. The number of hydrogen-bond acceptors (Lipinski definition) is 6. The number of carboxylic acids is 1. The number of ether oxygens (including phenoxy) is 1. The summed E-state index contributed by atoms with van der Waals surface area (Å²) in [5.74, 6) is -1.53. The first-order valence-corrected chi connectivity index (χ1v) is 6.05. The highest BCUT2D eigenvalue weighted by molar-refractivity contribution is 5.73. The van der Waals surface area contributed by atoms with E-state index in [1.165, 1.54) is 0 Å². The molecule has 0 spiro atoms. The van der Waals surface area contributed by atoms with Crippen LogP contribution in [0.4, 0.5) is 0 Å². The van der Waals surface area contributed by atoms with E-state index >= 15 is 0 Å². The summed E-state index contributed by atoms with van der Waals surface area (Å²) in [4.78, 5) is 10.8. The number of aliphatic carboxylic acids is 1. The first-order valence-electron chi connectivity index (χ1n) is 6.05. The largest absolute Gasteiger partial charge is 0.479 e. The zero-order chi connectivity index (χ0) is 14.9. The molecule has 5 N–H and O–H groups in total. The Morgan fingerprint density at radius 2 is 1.80 bits per heavy atom. The molecule has 2 rings (SSSR count). The van der Waals surface area contributed by atoms with Crippen LogP contribution in [0.1, 0.15) is 5.56 Å². The van der Waals surface area contributed by atoms with Crippen molar-refractivity contribution in [3.05, 3.63) is 35.9 Å². The molecule has 1 aromatic rings. The van der Waals surface area contributed by atoms with Crippen LogP contribution < -0.4 is 0 Å². The number of carbonyl (C=O) groups is 1. The normalized spacial score (nSPS) is 37.6. The van der Waals surface area contributed by atoms with Crippen molar-refractivity contribution in [2.24, 2.45) is 0 Å². The van der Waals surface area contributed by atoms with E-state index in [0.29, 0.717) is 5.56 Å². The molecule has 0 saturated carbocycles. The predicted octanol–water partition coefficient (Wildman–Crippen LogP) is -1.52. The molecule has 7 heteroatoms. The standard InChI is InChI=1S/C13H16O7/c14-8-9(11(16)17)20-12(18)13(19,10(8)15)6-7-4-2-1-3-5-7/h1-5,8-10,12,14-15,18-19H,6H2,(H,16,17)/t8-,9+,10+,12?,13-/m1/s1. The topological polar surface area (TPSA) is 127 Å². The number of hydrogen-bond donors (Lipinski definition) is 5. The number of benzene rings is 1. The third kappa shape index (κ3) is 2.54. The molecular formula is C13H16O7. The molecule has 1 aliphatic rings. The lowest BCUT2D eigenvalue weighted by Gasteiger charge is -2.45. The fraction of sp³-hybridized carbons (Fsp3) is 0.462. The van der Waals surface area contributed by atoms with Crippen molar-refractivity contribution in [2.75, 3.05) is 0 Å². The van der Waals surface area contributed by atoms with Crippen molar-refractivity contribution >= 4 is 5.97 Å². The molecule has 5 atom stereocenters. The fourth-order valence-electron chi connectivity index (χ4n) is 2.26. The fourth-order valence-corrected chi connectivity index (χ4v) is 2.26. The lowest BCUT2D eigenvalue weighted by Crippen LogP contribution is -2.68. The molecule has 1 aliphatic heterocycles. The highest BCUT2D eigenvalue weighted by Gasteiger charge is 2.56. The monoisotopic (exact) mass is 284 g/mol. The van der Waals surface area contributed by atoms with Crippen LogP contribution in [0.5, 0.6) is 0 Å². The van der Waals surface area contributed by atoms with E-state index in [4.69, 9.17) is 9.84 Å². The Morgan fingerprint density at radius 1 is 1.20 bits per heavy atom. The number of aliphatic hydroxyl groups excluding tert-OH is 3. The van der Waals surface area contributed by atoms with Gasteiger partial charge in [-0.15, -0.1) is 0 Å². The van der Waals surface area contributed by atoms with Crippen molar-refractivity contribution in [2.45, 2.75) is 36.6 Å². The summed E-state index contributed by atoms with van der Waals surface area (Å²) >= 11 is 0. The van der Waals surface area contributed by atoms with Crippen LogP contribution in [-0.4, -0.2) is 61.7 Å². The smallest absolute Gasteiger partial charge is 0.335 e. The Labute approximate surface area is 114 Å². The summed E-state index contributed by atoms with van der Waals surface area (Å²) < 4.78 is 4.71. The van der Waals surface area contributed by atoms with Crippen molar-refractivity contribution in [3.63, 3.8) is 0 Å². The molecule has 1 fully saturated rings. The summed E-state index contributed by atoms with van der Waals surface area (Å²) in [7, 11) is 0. The predicted molar refractivity (Wildman–Crippen MR) is 65.6 cm³/mol. The van der Waals surface area contributed by atoms with E-state index in [1.54, 1.807) is 30.3 Å². The molecular weight excluding hydrogens is 268 g/mol. The van der Waals surface area contributed by atoms with Gasteiger partial charge in [0.2, 0.25) is 0 Å². The summed E-state index contributed by atoms with van der Waals surface area (Å²) in [6, 6.07) is 8.49. The van der Waals surface area contributed by atoms with Gasteiger partial charge in [-0.25, -0.2) is 4.79 Å². The second-order valence-corrected chi connectivity index (χ2v) is 4.84. The van der Waals surface area contributed by atoms with Crippen molar-refractivity contribution in [3.8, 4) is 0 Å². The highest BCUT2D eigenvalue weighted by atomic mass is 16.6. The van der Waals surface area contributed by atoms with Crippen LogP contribution in [0.2, 0.25) is 0 Å². The van der Waals surface area contributed by atoms with Gasteiger partial charge in [0.15, 0.2) is 12.4 Å². The van der Waals surface area contributed by atoms with Gasteiger partial charge in [0.25, 0.3) is 0 Å². The van der Waals surface area contributed by atoms with Crippen LogP contribution in [0.3, 0.4) is 0 Å². The summed E-state index contributed by atoms with van der Waals surface area (Å²) in [5, 5.41) is 48.6. The maximum absolute atomic E-state index is 10.8. The minimum Gasteiger partial charge on any atom is -0.479 e. The Morgan fingerprint density at radius 3 is 2.35 bits per heavy atom. The Kier molecular flexibility index (Phi) is 4.07. The van der Waals surface area contributed by atoms with Gasteiger partial charge in [0.1, 0.15) is 17.8 Å². The average Bonchev–Trinajstić information content (AvgIpc) is 2.42. The molecule has 7 nitrogen and oxygen atoms in total. The van der Waals surface area contributed by atoms with Gasteiger partial charge in [-0.1, -0.05) is 30.3 Å². The lowest BCUT2D eigenvalue weighted by molar-refractivity contribution is -0.321. The molecule has 110 valence electrons. The Hall–Kier alpha value is -1.51. The average molecular weight is 284 g/mol. The molecule has 0 bridgehead atoms. The molecule has 0 radical (unpaired) electrons. The number of rotatable bonds is 3. The first-order chi connectivity index (χ1) is 9.36. The summed E-state index contributed by atoms with van der Waals surface area (Å²) in [6.07, 6.45) is -7.62. The molecule has 0 aromatic heterocycles. The van der Waals surface area contributed by atoms with Gasteiger partial charge in [-0.2, -0.15) is 0 Å². The highest BCUT2D eigenvalue weighted by Crippen LogP contribution is 2.32. The van der Waals surface area contributed by atoms with Gasteiger partial charge >= 0.3 is 5.97 Å². The van der Waals surface area contributed by atoms with Crippen LogP contribution in [0, 0.1) is 0 Å². The third-order valence-corrected chi connectivity index (χ3v) is 3.42.